The lowest BCUT2D eigenvalue weighted by Gasteiger charge is -2.38. The van der Waals surface area contributed by atoms with Crippen molar-refractivity contribution >= 4 is 29.1 Å². The largest absolute Gasteiger partial charge is 0.419 e. The molecule has 0 radical (unpaired) electrons. The summed E-state index contributed by atoms with van der Waals surface area (Å²) in [5.41, 5.74) is -1.06. The van der Waals surface area contributed by atoms with Crippen LogP contribution in [0.3, 0.4) is 0 Å². The van der Waals surface area contributed by atoms with Gasteiger partial charge in [-0.15, -0.1) is 0 Å². The molecular formula is C24H26ClF3N4O3. The average molecular weight is 511 g/mol. The Morgan fingerprint density at radius 2 is 1.80 bits per heavy atom. The van der Waals surface area contributed by atoms with Crippen LogP contribution in [0.5, 0.6) is 0 Å². The Hall–Kier alpha value is -2.33. The second-order valence-electron chi connectivity index (χ2n) is 10.5. The molecule has 4 fully saturated rings. The summed E-state index contributed by atoms with van der Waals surface area (Å²) >= 11 is 6.40. The predicted molar refractivity (Wildman–Crippen MR) is 120 cm³/mol. The van der Waals surface area contributed by atoms with Crippen molar-refractivity contribution in [3.05, 3.63) is 34.2 Å². The van der Waals surface area contributed by atoms with E-state index in [1.165, 1.54) is 11.1 Å². The van der Waals surface area contributed by atoms with Crippen LogP contribution in [0, 0.1) is 11.8 Å². The monoisotopic (exact) mass is 510 g/mol. The first kappa shape index (κ1) is 23.1. The summed E-state index contributed by atoms with van der Waals surface area (Å²) in [6.07, 6.45) is 1.57. The van der Waals surface area contributed by atoms with Gasteiger partial charge in [0.1, 0.15) is 11.7 Å². The fraction of sp³-hybridized carbons (Fsp3) is 0.625. The van der Waals surface area contributed by atoms with Gasteiger partial charge in [-0.05, 0) is 67.9 Å². The minimum atomic E-state index is -4.64. The Morgan fingerprint density at radius 1 is 1.11 bits per heavy atom. The normalized spacial score (nSPS) is 29.3. The number of hydrogen-bond donors (Lipinski definition) is 1. The molecule has 1 saturated heterocycles. The minimum Gasteiger partial charge on any atom is -0.393 e. The van der Waals surface area contributed by atoms with E-state index in [1.807, 2.05) is 4.90 Å². The highest BCUT2D eigenvalue weighted by molar-refractivity contribution is 6.33. The zero-order valence-corrected chi connectivity index (χ0v) is 19.7. The van der Waals surface area contributed by atoms with Gasteiger partial charge >= 0.3 is 6.18 Å². The lowest BCUT2D eigenvalue weighted by atomic mass is 10.0. The van der Waals surface area contributed by atoms with E-state index >= 15 is 0 Å². The van der Waals surface area contributed by atoms with E-state index in [4.69, 9.17) is 11.6 Å². The Balaban J connectivity index is 1.22. The number of imidazole rings is 1. The molecule has 7 nitrogen and oxygen atoms in total. The van der Waals surface area contributed by atoms with E-state index in [0.717, 1.165) is 49.0 Å². The van der Waals surface area contributed by atoms with Gasteiger partial charge in [-0.3, -0.25) is 14.0 Å². The SMILES string of the molecule is O=C(c1nc2c(C(F)(F)F)cc(C3CC3)cn2c1Cl)N1CCN([C@@H]2CC3CC(O)C[C@@H]3C2)C(=O)C1. The maximum absolute atomic E-state index is 13.8. The van der Waals surface area contributed by atoms with E-state index in [-0.39, 0.29) is 47.9 Å². The number of pyridine rings is 1. The molecule has 3 saturated carbocycles. The highest BCUT2D eigenvalue weighted by Crippen LogP contribution is 2.46. The third-order valence-electron chi connectivity index (χ3n) is 8.19. The maximum atomic E-state index is 13.8. The molecule has 3 heterocycles. The van der Waals surface area contributed by atoms with Gasteiger partial charge in [-0.1, -0.05) is 11.6 Å². The van der Waals surface area contributed by atoms with Crippen molar-refractivity contribution in [2.45, 2.75) is 62.8 Å². The Morgan fingerprint density at radius 3 is 2.40 bits per heavy atom. The molecule has 1 N–H and O–H groups in total. The van der Waals surface area contributed by atoms with Crippen LogP contribution in [-0.2, 0) is 11.0 Å². The number of halogens is 4. The number of hydrogen-bond acceptors (Lipinski definition) is 4. The summed E-state index contributed by atoms with van der Waals surface area (Å²) in [7, 11) is 0. The highest BCUT2D eigenvalue weighted by atomic mass is 35.5. The molecule has 35 heavy (non-hydrogen) atoms. The van der Waals surface area contributed by atoms with Crippen molar-refractivity contribution < 1.29 is 27.9 Å². The molecule has 11 heteroatoms. The first-order valence-corrected chi connectivity index (χ1v) is 12.5. The van der Waals surface area contributed by atoms with Gasteiger partial charge in [0.05, 0.1) is 11.7 Å². The number of fused-ring (bicyclic) bond motifs is 2. The number of rotatable bonds is 3. The van der Waals surface area contributed by atoms with Crippen LogP contribution in [0.1, 0.15) is 66.1 Å². The summed E-state index contributed by atoms with van der Waals surface area (Å²) in [5.74, 6) is 0.105. The van der Waals surface area contributed by atoms with Crippen LogP contribution in [-0.4, -0.2) is 67.9 Å². The number of aliphatic hydroxyl groups is 1. The van der Waals surface area contributed by atoms with Crippen molar-refractivity contribution in [3.63, 3.8) is 0 Å². The van der Waals surface area contributed by atoms with Crippen LogP contribution >= 0.6 is 11.6 Å². The number of aliphatic hydroxyl groups excluding tert-OH is 1. The summed E-state index contributed by atoms with van der Waals surface area (Å²) in [5, 5.41) is 9.69. The van der Waals surface area contributed by atoms with E-state index in [1.54, 1.807) is 0 Å². The Labute approximate surface area is 204 Å². The van der Waals surface area contributed by atoms with Gasteiger partial charge in [0.25, 0.3) is 5.91 Å². The molecule has 0 spiro atoms. The standard InChI is InChI=1S/C24H26ClF3N4O3/c25-21-20(29-22-18(24(26,27)28)9-15(10-32(21)22)12-1-2-12)23(35)30-3-4-31(19(34)11-30)16-5-13-7-17(33)8-14(13)6-16/h9-10,12-14,16-17,33H,1-8,11H2/t13-,14?,16-,17?/m0/s1. The summed E-state index contributed by atoms with van der Waals surface area (Å²) in [6.45, 7) is 0.474. The molecule has 2 aromatic heterocycles. The fourth-order valence-corrected chi connectivity index (χ4v) is 6.58. The molecule has 2 aromatic rings. The quantitative estimate of drug-likeness (QED) is 0.683. The van der Waals surface area contributed by atoms with E-state index < -0.39 is 23.3 Å². The molecule has 0 bridgehead atoms. The van der Waals surface area contributed by atoms with Gasteiger partial charge in [-0.25, -0.2) is 4.98 Å². The van der Waals surface area contributed by atoms with Crippen LogP contribution in [0.4, 0.5) is 13.2 Å². The molecule has 0 aromatic carbocycles. The third kappa shape index (κ3) is 3.98. The Bertz CT molecular complexity index is 1200. The smallest absolute Gasteiger partial charge is 0.393 e. The minimum absolute atomic E-state index is 0.0576. The highest BCUT2D eigenvalue weighted by Gasteiger charge is 2.45. The zero-order valence-electron chi connectivity index (χ0n) is 19.0. The number of piperazine rings is 1. The second kappa shape index (κ2) is 8.09. The van der Waals surface area contributed by atoms with E-state index in [0.29, 0.717) is 23.9 Å². The van der Waals surface area contributed by atoms with E-state index in [2.05, 4.69) is 4.98 Å². The molecule has 6 rings (SSSR count). The van der Waals surface area contributed by atoms with Crippen molar-refractivity contribution in [3.8, 4) is 0 Å². The molecule has 188 valence electrons. The molecule has 2 unspecified atom stereocenters. The first-order chi connectivity index (χ1) is 16.6. The molecule has 2 amide bonds. The summed E-state index contributed by atoms with van der Waals surface area (Å²) < 4.78 is 42.5. The van der Waals surface area contributed by atoms with Crippen molar-refractivity contribution in [1.82, 2.24) is 19.2 Å². The van der Waals surface area contributed by atoms with Gasteiger partial charge in [0.15, 0.2) is 11.3 Å². The van der Waals surface area contributed by atoms with Gasteiger partial charge in [0.2, 0.25) is 5.91 Å². The predicted octanol–water partition coefficient (Wildman–Crippen LogP) is 3.72. The van der Waals surface area contributed by atoms with Gasteiger partial charge in [-0.2, -0.15) is 13.2 Å². The first-order valence-electron chi connectivity index (χ1n) is 12.2. The lowest BCUT2D eigenvalue weighted by Crippen LogP contribution is -2.55. The number of amides is 2. The molecule has 3 aliphatic carbocycles. The van der Waals surface area contributed by atoms with Crippen molar-refractivity contribution in [2.75, 3.05) is 19.6 Å². The Kier molecular flexibility index (Phi) is 5.34. The maximum Gasteiger partial charge on any atom is 0.419 e. The number of aromatic nitrogens is 2. The van der Waals surface area contributed by atoms with Crippen molar-refractivity contribution in [1.29, 1.82) is 0 Å². The van der Waals surface area contributed by atoms with Gasteiger partial charge in [0, 0.05) is 25.3 Å². The van der Waals surface area contributed by atoms with Crippen LogP contribution < -0.4 is 0 Å². The zero-order chi connectivity index (χ0) is 24.6. The van der Waals surface area contributed by atoms with Crippen LogP contribution in [0.2, 0.25) is 5.15 Å². The van der Waals surface area contributed by atoms with E-state index in [9.17, 15) is 27.9 Å². The average Bonchev–Trinajstić information content (AvgIpc) is 3.38. The fourth-order valence-electron chi connectivity index (χ4n) is 6.33. The van der Waals surface area contributed by atoms with Crippen LogP contribution in [0.25, 0.3) is 5.65 Å². The number of alkyl halides is 3. The van der Waals surface area contributed by atoms with Crippen LogP contribution in [0.15, 0.2) is 12.3 Å². The number of nitrogens with zero attached hydrogens (tertiary/aromatic N) is 4. The number of carbonyl (C=O) groups is 2. The number of carbonyl (C=O) groups excluding carboxylic acids is 2. The molecule has 1 aliphatic heterocycles. The van der Waals surface area contributed by atoms with Gasteiger partial charge < -0.3 is 14.9 Å². The molecule has 4 aliphatic rings. The third-order valence-corrected chi connectivity index (χ3v) is 8.55. The molecule has 4 atom stereocenters. The summed E-state index contributed by atoms with van der Waals surface area (Å²) in [4.78, 5) is 33.3. The van der Waals surface area contributed by atoms with Crippen molar-refractivity contribution in [2.24, 2.45) is 11.8 Å². The second-order valence-corrected chi connectivity index (χ2v) is 10.8. The summed E-state index contributed by atoms with van der Waals surface area (Å²) in [6, 6.07) is 1.21. The lowest BCUT2D eigenvalue weighted by molar-refractivity contribution is -0.138. The topological polar surface area (TPSA) is 78.2 Å². The molecular weight excluding hydrogens is 485 g/mol.